The van der Waals surface area contributed by atoms with Gasteiger partial charge in [-0.1, -0.05) is 0 Å². The number of aryl methyl sites for hydroxylation is 1. The van der Waals surface area contributed by atoms with E-state index < -0.39 is 5.97 Å². The summed E-state index contributed by atoms with van der Waals surface area (Å²) >= 11 is 1.58. The van der Waals surface area contributed by atoms with Crippen LogP contribution in [0.4, 0.5) is 0 Å². The van der Waals surface area contributed by atoms with Crippen molar-refractivity contribution in [2.45, 2.75) is 26.3 Å². The molecule has 2 heterocycles. The average molecular weight is 305 g/mol. The predicted octanol–water partition coefficient (Wildman–Crippen LogP) is 2.15. The molecule has 0 atom stereocenters. The van der Waals surface area contributed by atoms with Gasteiger partial charge in [0.05, 0.1) is 17.1 Å². The van der Waals surface area contributed by atoms with Crippen molar-refractivity contribution in [1.82, 2.24) is 14.9 Å². The first-order chi connectivity index (χ1) is 10.0. The third-order valence-electron chi connectivity index (χ3n) is 3.15. The number of aliphatic carboxylic acids is 1. The van der Waals surface area contributed by atoms with Crippen molar-refractivity contribution in [2.75, 3.05) is 13.6 Å². The molecule has 5 nitrogen and oxygen atoms in total. The van der Waals surface area contributed by atoms with Crippen molar-refractivity contribution >= 4 is 17.3 Å². The van der Waals surface area contributed by atoms with Crippen LogP contribution in [0.2, 0.25) is 0 Å². The summed E-state index contributed by atoms with van der Waals surface area (Å²) in [4.78, 5) is 22.4. The normalized spacial score (nSPS) is 11.0. The molecule has 2 aromatic heterocycles. The Labute approximate surface area is 128 Å². The van der Waals surface area contributed by atoms with Crippen LogP contribution in [0.1, 0.15) is 21.1 Å². The number of likely N-dealkylation sites (N-methyl/N-ethyl adjacent to an activating group) is 1. The molecule has 0 saturated heterocycles. The highest BCUT2D eigenvalue weighted by Crippen LogP contribution is 2.20. The van der Waals surface area contributed by atoms with Crippen molar-refractivity contribution in [2.24, 2.45) is 0 Å². The van der Waals surface area contributed by atoms with E-state index >= 15 is 0 Å². The fourth-order valence-corrected chi connectivity index (χ4v) is 3.14. The Hall–Kier alpha value is -1.79. The third kappa shape index (κ3) is 4.91. The minimum absolute atomic E-state index is 0.00212. The lowest BCUT2D eigenvalue weighted by Gasteiger charge is -2.16. The third-order valence-corrected chi connectivity index (χ3v) is 4.15. The van der Waals surface area contributed by atoms with Crippen molar-refractivity contribution in [3.05, 3.63) is 45.7 Å². The van der Waals surface area contributed by atoms with Crippen LogP contribution in [0.5, 0.6) is 0 Å². The number of carbonyl (C=O) groups is 1. The Bertz CT molecular complexity index is 598. The van der Waals surface area contributed by atoms with Crippen LogP contribution >= 0.6 is 11.3 Å². The molecule has 2 aromatic rings. The molecule has 0 aliphatic carbocycles. The van der Waals surface area contributed by atoms with Crippen molar-refractivity contribution in [1.29, 1.82) is 0 Å². The largest absolute Gasteiger partial charge is 0.481 e. The highest BCUT2D eigenvalue weighted by atomic mass is 32.1. The predicted molar refractivity (Wildman–Crippen MR) is 82.5 cm³/mol. The van der Waals surface area contributed by atoms with Crippen LogP contribution in [-0.4, -0.2) is 39.5 Å². The van der Waals surface area contributed by atoms with E-state index in [0.29, 0.717) is 5.69 Å². The van der Waals surface area contributed by atoms with Gasteiger partial charge in [0.25, 0.3) is 0 Å². The molecule has 1 N–H and O–H groups in total. The number of aromatic nitrogens is 2. The maximum atomic E-state index is 10.9. The van der Waals surface area contributed by atoms with E-state index in [2.05, 4.69) is 14.9 Å². The minimum atomic E-state index is -0.832. The minimum Gasteiger partial charge on any atom is -0.481 e. The van der Waals surface area contributed by atoms with Gasteiger partial charge in [-0.05, 0) is 38.1 Å². The van der Waals surface area contributed by atoms with Crippen LogP contribution in [0.15, 0.2) is 24.5 Å². The van der Waals surface area contributed by atoms with Gasteiger partial charge in [-0.15, -0.1) is 11.3 Å². The number of pyridine rings is 1. The number of carboxylic acid groups (broad SMARTS) is 1. The summed E-state index contributed by atoms with van der Waals surface area (Å²) in [7, 11) is 2.04. The Morgan fingerprint density at radius 1 is 1.38 bits per heavy atom. The second-order valence-corrected chi connectivity index (χ2v) is 6.30. The van der Waals surface area contributed by atoms with E-state index in [1.54, 1.807) is 23.7 Å². The number of nitrogens with zero attached hydrogens (tertiary/aromatic N) is 3. The first-order valence-electron chi connectivity index (χ1n) is 6.79. The highest BCUT2D eigenvalue weighted by Gasteiger charge is 2.14. The molecule has 0 unspecified atom stereocenters. The number of carboxylic acids is 1. The molecule has 6 heteroatoms. The summed E-state index contributed by atoms with van der Waals surface area (Å²) < 4.78 is 0. The van der Waals surface area contributed by atoms with E-state index in [4.69, 9.17) is 5.11 Å². The lowest BCUT2D eigenvalue weighted by atomic mass is 10.2. The van der Waals surface area contributed by atoms with Crippen LogP contribution in [-0.2, 0) is 24.2 Å². The van der Waals surface area contributed by atoms with Crippen LogP contribution < -0.4 is 0 Å². The van der Waals surface area contributed by atoms with Gasteiger partial charge in [0.15, 0.2) is 0 Å². The van der Waals surface area contributed by atoms with Crippen LogP contribution in [0.3, 0.4) is 0 Å². The number of thiazole rings is 1. The van der Waals surface area contributed by atoms with Crippen molar-refractivity contribution in [3.8, 4) is 0 Å². The zero-order valence-corrected chi connectivity index (χ0v) is 13.1. The SMILES string of the molecule is Cc1nc(CC(=O)O)c(CN(C)CCc2ccncc2)s1. The molecule has 0 bridgehead atoms. The molecule has 0 aliphatic heterocycles. The zero-order valence-electron chi connectivity index (χ0n) is 12.2. The molecular formula is C15H19N3O2S. The Morgan fingerprint density at radius 2 is 2.10 bits per heavy atom. The summed E-state index contributed by atoms with van der Waals surface area (Å²) in [6.45, 7) is 3.56. The molecule has 0 amide bonds. The summed E-state index contributed by atoms with van der Waals surface area (Å²) in [5.41, 5.74) is 1.95. The average Bonchev–Trinajstić information content (AvgIpc) is 2.76. The van der Waals surface area contributed by atoms with Gasteiger partial charge < -0.3 is 10.0 Å². The summed E-state index contributed by atoms with van der Waals surface area (Å²) in [5, 5.41) is 9.85. The Morgan fingerprint density at radius 3 is 2.76 bits per heavy atom. The standard InChI is InChI=1S/C15H19N3O2S/c1-11-17-13(9-15(19)20)14(21-11)10-18(2)8-5-12-3-6-16-7-4-12/h3-4,6-7H,5,8-10H2,1-2H3,(H,19,20). The monoisotopic (exact) mass is 305 g/mol. The zero-order chi connectivity index (χ0) is 15.2. The molecule has 0 spiro atoms. The highest BCUT2D eigenvalue weighted by molar-refractivity contribution is 7.11. The van der Waals surface area contributed by atoms with E-state index in [9.17, 15) is 4.79 Å². The second-order valence-electron chi connectivity index (χ2n) is 5.02. The molecule has 112 valence electrons. The maximum Gasteiger partial charge on any atom is 0.309 e. The van der Waals surface area contributed by atoms with Gasteiger partial charge in [0.1, 0.15) is 0 Å². The van der Waals surface area contributed by atoms with E-state index in [-0.39, 0.29) is 6.42 Å². The quantitative estimate of drug-likeness (QED) is 0.849. The molecule has 0 aromatic carbocycles. The van der Waals surface area contributed by atoms with Gasteiger partial charge in [0, 0.05) is 30.4 Å². The van der Waals surface area contributed by atoms with E-state index in [0.717, 1.165) is 29.4 Å². The molecule has 2 rings (SSSR count). The summed E-state index contributed by atoms with van der Waals surface area (Å²) in [6.07, 6.45) is 4.54. The number of hydrogen-bond donors (Lipinski definition) is 1. The summed E-state index contributed by atoms with van der Waals surface area (Å²) in [6, 6.07) is 4.03. The maximum absolute atomic E-state index is 10.9. The molecule has 0 saturated carbocycles. The van der Waals surface area contributed by atoms with Gasteiger partial charge >= 0.3 is 5.97 Å². The van der Waals surface area contributed by atoms with Crippen LogP contribution in [0.25, 0.3) is 0 Å². The lowest BCUT2D eigenvalue weighted by molar-refractivity contribution is -0.136. The van der Waals surface area contributed by atoms with Gasteiger partial charge in [-0.3, -0.25) is 9.78 Å². The molecule has 0 radical (unpaired) electrons. The smallest absolute Gasteiger partial charge is 0.309 e. The van der Waals surface area contributed by atoms with E-state index in [1.165, 1.54) is 5.56 Å². The van der Waals surface area contributed by atoms with Crippen LogP contribution in [0, 0.1) is 6.92 Å². The molecule has 21 heavy (non-hydrogen) atoms. The number of rotatable bonds is 7. The van der Waals surface area contributed by atoms with Gasteiger partial charge in [0.2, 0.25) is 0 Å². The fourth-order valence-electron chi connectivity index (χ4n) is 2.11. The topological polar surface area (TPSA) is 66.3 Å². The molecular weight excluding hydrogens is 286 g/mol. The molecule has 0 fully saturated rings. The van der Waals surface area contributed by atoms with Crippen molar-refractivity contribution < 1.29 is 9.90 Å². The first-order valence-corrected chi connectivity index (χ1v) is 7.60. The Kier molecular flexibility index (Phi) is 5.41. The number of hydrogen-bond acceptors (Lipinski definition) is 5. The van der Waals surface area contributed by atoms with E-state index in [1.807, 2.05) is 26.1 Å². The Balaban J connectivity index is 1.93. The lowest BCUT2D eigenvalue weighted by Crippen LogP contribution is -2.21. The van der Waals surface area contributed by atoms with Gasteiger partial charge in [-0.25, -0.2) is 4.98 Å². The fraction of sp³-hybridized carbons (Fsp3) is 0.400. The van der Waals surface area contributed by atoms with Crippen molar-refractivity contribution in [3.63, 3.8) is 0 Å². The van der Waals surface area contributed by atoms with Gasteiger partial charge in [-0.2, -0.15) is 0 Å². The second kappa shape index (κ2) is 7.28. The first kappa shape index (κ1) is 15.6. The summed E-state index contributed by atoms with van der Waals surface area (Å²) in [5.74, 6) is -0.832. The molecule has 0 aliphatic rings.